The summed E-state index contributed by atoms with van der Waals surface area (Å²) in [5.74, 6) is 0.722. The lowest BCUT2D eigenvalue weighted by molar-refractivity contribution is 0.559. The summed E-state index contributed by atoms with van der Waals surface area (Å²) in [5.41, 5.74) is 1.41. The predicted octanol–water partition coefficient (Wildman–Crippen LogP) is 3.56. The monoisotopic (exact) mass is 165 g/mol. The summed E-state index contributed by atoms with van der Waals surface area (Å²) in [5, 5.41) is 0. The van der Waals surface area contributed by atoms with Gasteiger partial charge >= 0.3 is 0 Å². The van der Waals surface area contributed by atoms with Crippen molar-refractivity contribution < 1.29 is 0 Å². The molecule has 1 rings (SSSR count). The Labute approximate surface area is 75.6 Å². The molecule has 0 amide bonds. The van der Waals surface area contributed by atoms with Crippen LogP contribution in [-0.4, -0.2) is 5.71 Å². The number of hydrogen-bond donors (Lipinski definition) is 0. The van der Waals surface area contributed by atoms with Gasteiger partial charge in [-0.3, -0.25) is 4.99 Å². The molecular weight excluding hydrogens is 146 g/mol. The zero-order valence-corrected chi connectivity index (χ0v) is 8.21. The SMILES string of the molecule is CC/C=C\N=C1CCCCC1C. The fraction of sp³-hybridized carbons (Fsp3) is 0.727. The Kier molecular flexibility index (Phi) is 4.06. The predicted molar refractivity (Wildman–Crippen MR) is 54.5 cm³/mol. The van der Waals surface area contributed by atoms with Crippen LogP contribution in [0.2, 0.25) is 0 Å². The summed E-state index contributed by atoms with van der Waals surface area (Å²) in [7, 11) is 0. The molecule has 1 saturated carbocycles. The quantitative estimate of drug-likeness (QED) is 0.593. The highest BCUT2D eigenvalue weighted by Crippen LogP contribution is 2.21. The molecule has 0 aromatic heterocycles. The third kappa shape index (κ3) is 2.80. The molecule has 68 valence electrons. The van der Waals surface area contributed by atoms with E-state index in [1.54, 1.807) is 0 Å². The lowest BCUT2D eigenvalue weighted by Crippen LogP contribution is -2.15. The highest BCUT2D eigenvalue weighted by atomic mass is 14.7. The lowest BCUT2D eigenvalue weighted by Gasteiger charge is -2.19. The summed E-state index contributed by atoms with van der Waals surface area (Å²) >= 11 is 0. The Morgan fingerprint density at radius 2 is 2.33 bits per heavy atom. The Morgan fingerprint density at radius 3 is 3.00 bits per heavy atom. The highest BCUT2D eigenvalue weighted by Gasteiger charge is 2.14. The van der Waals surface area contributed by atoms with Crippen molar-refractivity contribution >= 4 is 5.71 Å². The van der Waals surface area contributed by atoms with E-state index in [-0.39, 0.29) is 0 Å². The number of nitrogens with zero attached hydrogens (tertiary/aromatic N) is 1. The maximum Gasteiger partial charge on any atom is 0.0227 e. The third-order valence-corrected chi connectivity index (χ3v) is 2.47. The summed E-state index contributed by atoms with van der Waals surface area (Å²) in [4.78, 5) is 4.49. The number of rotatable bonds is 2. The number of allylic oxidation sites excluding steroid dienone is 1. The molecule has 1 nitrogen and oxygen atoms in total. The van der Waals surface area contributed by atoms with E-state index in [1.807, 2.05) is 6.20 Å². The second kappa shape index (κ2) is 5.13. The Hall–Kier alpha value is -0.590. The molecule has 1 aliphatic rings. The van der Waals surface area contributed by atoms with Crippen molar-refractivity contribution in [2.75, 3.05) is 0 Å². The second-order valence-electron chi connectivity index (χ2n) is 3.56. The summed E-state index contributed by atoms with van der Waals surface area (Å²) in [6.07, 6.45) is 10.4. The fourth-order valence-electron chi connectivity index (χ4n) is 1.62. The molecule has 0 spiro atoms. The van der Waals surface area contributed by atoms with Gasteiger partial charge in [0.15, 0.2) is 0 Å². The van der Waals surface area contributed by atoms with Gasteiger partial charge in [-0.25, -0.2) is 0 Å². The van der Waals surface area contributed by atoms with Crippen LogP contribution in [0.5, 0.6) is 0 Å². The van der Waals surface area contributed by atoms with Crippen molar-refractivity contribution in [3.05, 3.63) is 12.3 Å². The Balaban J connectivity index is 2.47. The smallest absolute Gasteiger partial charge is 0.0227 e. The first kappa shape index (κ1) is 9.50. The molecule has 0 saturated heterocycles. The molecule has 0 bridgehead atoms. The van der Waals surface area contributed by atoms with Crippen LogP contribution in [0, 0.1) is 5.92 Å². The minimum atomic E-state index is 0.722. The van der Waals surface area contributed by atoms with Crippen LogP contribution in [0.25, 0.3) is 0 Å². The molecule has 1 unspecified atom stereocenters. The van der Waals surface area contributed by atoms with Crippen LogP contribution in [-0.2, 0) is 0 Å². The van der Waals surface area contributed by atoms with Gasteiger partial charge in [0.05, 0.1) is 0 Å². The molecule has 1 fully saturated rings. The van der Waals surface area contributed by atoms with Gasteiger partial charge in [0.2, 0.25) is 0 Å². The van der Waals surface area contributed by atoms with Crippen LogP contribution in [0.1, 0.15) is 46.0 Å². The summed E-state index contributed by atoms with van der Waals surface area (Å²) in [6.45, 7) is 4.43. The first-order valence-corrected chi connectivity index (χ1v) is 5.06. The number of hydrogen-bond acceptors (Lipinski definition) is 1. The minimum Gasteiger partial charge on any atom is -0.266 e. The maximum atomic E-state index is 4.49. The van der Waals surface area contributed by atoms with Crippen molar-refractivity contribution in [3.8, 4) is 0 Å². The van der Waals surface area contributed by atoms with Gasteiger partial charge in [-0.05, 0) is 31.6 Å². The van der Waals surface area contributed by atoms with E-state index in [0.29, 0.717) is 0 Å². The first-order valence-electron chi connectivity index (χ1n) is 5.06. The van der Waals surface area contributed by atoms with E-state index in [0.717, 1.165) is 12.3 Å². The highest BCUT2D eigenvalue weighted by molar-refractivity contribution is 5.87. The van der Waals surface area contributed by atoms with Crippen molar-refractivity contribution in [2.45, 2.75) is 46.0 Å². The average Bonchev–Trinajstić information content (AvgIpc) is 2.09. The van der Waals surface area contributed by atoms with Gasteiger partial charge in [0.1, 0.15) is 0 Å². The summed E-state index contributed by atoms with van der Waals surface area (Å²) < 4.78 is 0. The molecule has 0 radical (unpaired) electrons. The van der Waals surface area contributed by atoms with Crippen LogP contribution in [0.4, 0.5) is 0 Å². The largest absolute Gasteiger partial charge is 0.266 e. The number of aliphatic imine (C=N–C) groups is 1. The molecule has 1 aliphatic carbocycles. The van der Waals surface area contributed by atoms with Crippen LogP contribution in [0.3, 0.4) is 0 Å². The van der Waals surface area contributed by atoms with Gasteiger partial charge in [-0.15, -0.1) is 0 Å². The maximum absolute atomic E-state index is 4.49. The van der Waals surface area contributed by atoms with Crippen molar-refractivity contribution in [2.24, 2.45) is 10.9 Å². The summed E-state index contributed by atoms with van der Waals surface area (Å²) in [6, 6.07) is 0. The Morgan fingerprint density at radius 1 is 1.50 bits per heavy atom. The van der Waals surface area contributed by atoms with Crippen LogP contribution >= 0.6 is 0 Å². The zero-order chi connectivity index (χ0) is 8.81. The van der Waals surface area contributed by atoms with Crippen LogP contribution < -0.4 is 0 Å². The van der Waals surface area contributed by atoms with E-state index in [2.05, 4.69) is 24.9 Å². The first-order chi connectivity index (χ1) is 5.84. The topological polar surface area (TPSA) is 12.4 Å². The van der Waals surface area contributed by atoms with Crippen molar-refractivity contribution in [1.29, 1.82) is 0 Å². The van der Waals surface area contributed by atoms with Gasteiger partial charge < -0.3 is 0 Å². The Bertz CT molecular complexity index is 179. The molecular formula is C11H19N. The molecule has 1 atom stereocenters. The van der Waals surface area contributed by atoms with E-state index in [9.17, 15) is 0 Å². The van der Waals surface area contributed by atoms with E-state index >= 15 is 0 Å². The molecule has 0 aromatic carbocycles. The van der Waals surface area contributed by atoms with Gasteiger partial charge in [0, 0.05) is 11.9 Å². The van der Waals surface area contributed by atoms with Gasteiger partial charge in [-0.2, -0.15) is 0 Å². The molecule has 12 heavy (non-hydrogen) atoms. The molecule has 1 heteroatoms. The third-order valence-electron chi connectivity index (χ3n) is 2.47. The van der Waals surface area contributed by atoms with E-state index in [1.165, 1.54) is 31.4 Å². The second-order valence-corrected chi connectivity index (χ2v) is 3.56. The fourth-order valence-corrected chi connectivity index (χ4v) is 1.62. The van der Waals surface area contributed by atoms with Gasteiger partial charge in [-0.1, -0.05) is 26.3 Å². The van der Waals surface area contributed by atoms with E-state index in [4.69, 9.17) is 0 Å². The van der Waals surface area contributed by atoms with Crippen molar-refractivity contribution in [3.63, 3.8) is 0 Å². The standard InChI is InChI=1S/C11H19N/c1-3-4-9-12-11-8-6-5-7-10(11)2/h4,9-10H,3,5-8H2,1-2H3/b9-4-,12-11?. The molecule has 0 aromatic rings. The normalized spacial score (nSPS) is 28.5. The van der Waals surface area contributed by atoms with Crippen molar-refractivity contribution in [1.82, 2.24) is 0 Å². The van der Waals surface area contributed by atoms with E-state index < -0.39 is 0 Å². The minimum absolute atomic E-state index is 0.722. The average molecular weight is 165 g/mol. The van der Waals surface area contributed by atoms with Crippen LogP contribution in [0.15, 0.2) is 17.3 Å². The molecule has 0 aliphatic heterocycles. The van der Waals surface area contributed by atoms with Gasteiger partial charge in [0.25, 0.3) is 0 Å². The molecule has 0 heterocycles. The molecule has 0 N–H and O–H groups in total. The zero-order valence-electron chi connectivity index (χ0n) is 8.21. The lowest BCUT2D eigenvalue weighted by atomic mass is 9.89.